The minimum absolute atomic E-state index is 0.983. The van der Waals surface area contributed by atoms with Crippen molar-refractivity contribution in [2.24, 2.45) is 11.8 Å². The molecule has 1 aliphatic carbocycles. The predicted octanol–water partition coefficient (Wildman–Crippen LogP) is 5.59. The molecule has 1 atom stereocenters. The Labute approximate surface area is 110 Å². The predicted molar refractivity (Wildman–Crippen MR) is 77.7 cm³/mol. The van der Waals surface area contributed by atoms with Gasteiger partial charge in [-0.25, -0.2) is 0 Å². The van der Waals surface area contributed by atoms with Crippen molar-refractivity contribution < 1.29 is 0 Å². The molecule has 0 amide bonds. The van der Waals surface area contributed by atoms with Gasteiger partial charge >= 0.3 is 0 Å². The van der Waals surface area contributed by atoms with Crippen LogP contribution in [0.15, 0.2) is 0 Å². The van der Waals surface area contributed by atoms with Gasteiger partial charge in [0.2, 0.25) is 0 Å². The van der Waals surface area contributed by atoms with E-state index in [9.17, 15) is 0 Å². The molecular formula is C14H27I. The summed E-state index contributed by atoms with van der Waals surface area (Å²) in [5.74, 6) is 2.09. The normalized spacial score (nSPS) is 29.0. The highest BCUT2D eigenvalue weighted by Crippen LogP contribution is 2.33. The number of halogens is 1. The molecule has 0 bridgehead atoms. The highest BCUT2D eigenvalue weighted by molar-refractivity contribution is 14.1. The van der Waals surface area contributed by atoms with Crippen LogP contribution in [-0.2, 0) is 0 Å². The van der Waals surface area contributed by atoms with E-state index in [0.29, 0.717) is 0 Å². The van der Waals surface area contributed by atoms with Gasteiger partial charge in [0.05, 0.1) is 0 Å². The molecule has 90 valence electrons. The van der Waals surface area contributed by atoms with Gasteiger partial charge in [0.25, 0.3) is 0 Å². The molecule has 0 aromatic carbocycles. The van der Waals surface area contributed by atoms with E-state index in [-0.39, 0.29) is 0 Å². The molecule has 0 unspecified atom stereocenters. The third-order valence-corrected chi connectivity index (χ3v) is 5.28. The lowest BCUT2D eigenvalue weighted by atomic mass is 9.83. The van der Waals surface area contributed by atoms with E-state index >= 15 is 0 Å². The van der Waals surface area contributed by atoms with Crippen molar-refractivity contribution >= 4 is 22.6 Å². The summed E-state index contributed by atoms with van der Waals surface area (Å²) in [4.78, 5) is 0. The first-order valence-electron chi connectivity index (χ1n) is 6.90. The monoisotopic (exact) mass is 322 g/mol. The molecule has 0 nitrogen and oxygen atoms in total. The number of hydrogen-bond donors (Lipinski definition) is 0. The second kappa shape index (κ2) is 7.92. The summed E-state index contributed by atoms with van der Waals surface area (Å²) in [6.45, 7) is 4.69. The molecule has 1 fully saturated rings. The van der Waals surface area contributed by atoms with Crippen molar-refractivity contribution in [1.29, 1.82) is 0 Å². The Hall–Kier alpha value is 0.730. The second-order valence-electron chi connectivity index (χ2n) is 5.26. The fourth-order valence-corrected chi connectivity index (χ4v) is 3.56. The average Bonchev–Trinajstić information content (AvgIpc) is 2.26. The van der Waals surface area contributed by atoms with Crippen LogP contribution in [0.1, 0.15) is 71.6 Å². The first kappa shape index (κ1) is 13.8. The maximum absolute atomic E-state index is 2.63. The van der Waals surface area contributed by atoms with Gasteiger partial charge in [0.1, 0.15) is 0 Å². The van der Waals surface area contributed by atoms with Crippen LogP contribution in [0.3, 0.4) is 0 Å². The molecule has 0 saturated heterocycles. The van der Waals surface area contributed by atoms with Crippen molar-refractivity contribution in [2.45, 2.75) is 75.6 Å². The maximum atomic E-state index is 2.63. The maximum Gasteiger partial charge on any atom is 0.0110 e. The first-order chi connectivity index (χ1) is 7.26. The molecule has 15 heavy (non-hydrogen) atoms. The molecule has 1 saturated carbocycles. The van der Waals surface area contributed by atoms with Crippen LogP contribution in [0.25, 0.3) is 0 Å². The van der Waals surface area contributed by atoms with Crippen LogP contribution in [0.4, 0.5) is 0 Å². The zero-order chi connectivity index (χ0) is 11.1. The lowest BCUT2D eigenvalue weighted by molar-refractivity contribution is 0.305. The van der Waals surface area contributed by atoms with Gasteiger partial charge in [-0.3, -0.25) is 0 Å². The smallest absolute Gasteiger partial charge is 0.0110 e. The van der Waals surface area contributed by atoms with Gasteiger partial charge in [-0.1, -0.05) is 68.5 Å². The molecule has 1 heteroatoms. The number of rotatable bonds is 6. The molecule has 1 rings (SSSR count). The molecule has 1 aliphatic rings. The fraction of sp³-hybridized carbons (Fsp3) is 1.00. The molecule has 0 spiro atoms. The van der Waals surface area contributed by atoms with Crippen LogP contribution >= 0.6 is 22.6 Å². The highest BCUT2D eigenvalue weighted by Gasteiger charge is 2.19. The quantitative estimate of drug-likeness (QED) is 0.442. The van der Waals surface area contributed by atoms with Gasteiger partial charge in [-0.05, 0) is 37.5 Å². The van der Waals surface area contributed by atoms with Crippen molar-refractivity contribution in [3.63, 3.8) is 0 Å². The summed E-state index contributed by atoms with van der Waals surface area (Å²) >= 11 is 2.63. The Morgan fingerprint density at radius 3 is 2.27 bits per heavy atom. The molecule has 0 aliphatic heterocycles. The van der Waals surface area contributed by atoms with Crippen LogP contribution in [0.5, 0.6) is 0 Å². The van der Waals surface area contributed by atoms with Gasteiger partial charge < -0.3 is 0 Å². The highest BCUT2D eigenvalue weighted by atomic mass is 127. The first-order valence-corrected chi connectivity index (χ1v) is 8.14. The standard InChI is InChI=1S/C14H27I/c1-3-5-12(4-2)6-7-13-8-10-14(15)11-9-13/h12-14H,3-11H2,1-2H3/t12-,13?,14?/m0/s1. The van der Waals surface area contributed by atoms with E-state index in [4.69, 9.17) is 0 Å². The molecule has 0 N–H and O–H groups in total. The van der Waals surface area contributed by atoms with Crippen LogP contribution in [-0.4, -0.2) is 3.92 Å². The molecular weight excluding hydrogens is 295 g/mol. The largest absolute Gasteiger partial charge is 0.0826 e. The fourth-order valence-electron chi connectivity index (χ4n) is 2.84. The zero-order valence-corrected chi connectivity index (χ0v) is 12.6. The molecule has 0 aromatic heterocycles. The average molecular weight is 322 g/mol. The molecule has 0 aromatic rings. The lowest BCUT2D eigenvalue weighted by Gasteiger charge is -2.26. The van der Waals surface area contributed by atoms with E-state index < -0.39 is 0 Å². The van der Waals surface area contributed by atoms with Gasteiger partial charge in [0, 0.05) is 3.92 Å². The topological polar surface area (TPSA) is 0 Å². The van der Waals surface area contributed by atoms with Crippen LogP contribution in [0, 0.1) is 11.8 Å². The minimum Gasteiger partial charge on any atom is -0.0826 e. The van der Waals surface area contributed by atoms with Crippen LogP contribution < -0.4 is 0 Å². The SMILES string of the molecule is CCC[C@H](CC)CCC1CCC(I)CC1. The summed E-state index contributed by atoms with van der Waals surface area (Å²) < 4.78 is 0.983. The molecule has 0 heterocycles. The van der Waals surface area contributed by atoms with Crippen molar-refractivity contribution in [1.82, 2.24) is 0 Å². The Kier molecular flexibility index (Phi) is 7.28. The Balaban J connectivity index is 2.12. The van der Waals surface area contributed by atoms with Gasteiger partial charge in [-0.15, -0.1) is 0 Å². The van der Waals surface area contributed by atoms with E-state index in [2.05, 4.69) is 36.4 Å². The van der Waals surface area contributed by atoms with Gasteiger partial charge in [-0.2, -0.15) is 0 Å². The van der Waals surface area contributed by atoms with Crippen molar-refractivity contribution in [3.8, 4) is 0 Å². The Bertz CT molecular complexity index is 147. The minimum atomic E-state index is 0.983. The van der Waals surface area contributed by atoms with E-state index in [0.717, 1.165) is 15.8 Å². The number of hydrogen-bond acceptors (Lipinski definition) is 0. The van der Waals surface area contributed by atoms with E-state index in [1.54, 1.807) is 0 Å². The third-order valence-electron chi connectivity index (χ3n) is 4.03. The third kappa shape index (κ3) is 5.55. The Morgan fingerprint density at radius 2 is 1.73 bits per heavy atom. The summed E-state index contributed by atoms with van der Waals surface area (Å²) in [5.41, 5.74) is 0. The Morgan fingerprint density at radius 1 is 1.07 bits per heavy atom. The lowest BCUT2D eigenvalue weighted by Crippen LogP contribution is -2.15. The van der Waals surface area contributed by atoms with Crippen molar-refractivity contribution in [2.75, 3.05) is 0 Å². The van der Waals surface area contributed by atoms with Gasteiger partial charge in [0.15, 0.2) is 0 Å². The summed E-state index contributed by atoms with van der Waals surface area (Å²) in [6, 6.07) is 0. The zero-order valence-electron chi connectivity index (χ0n) is 10.5. The summed E-state index contributed by atoms with van der Waals surface area (Å²) in [7, 11) is 0. The van der Waals surface area contributed by atoms with Crippen LogP contribution in [0.2, 0.25) is 0 Å². The van der Waals surface area contributed by atoms with E-state index in [1.165, 1.54) is 57.8 Å². The summed E-state index contributed by atoms with van der Waals surface area (Å²) in [6.07, 6.45) is 13.2. The second-order valence-corrected chi connectivity index (χ2v) is 7.02. The summed E-state index contributed by atoms with van der Waals surface area (Å²) in [5, 5.41) is 0. The van der Waals surface area contributed by atoms with E-state index in [1.807, 2.05) is 0 Å². The molecule has 0 radical (unpaired) electrons. The van der Waals surface area contributed by atoms with Crippen molar-refractivity contribution in [3.05, 3.63) is 0 Å². The number of alkyl halides is 1.